The van der Waals surface area contributed by atoms with Gasteiger partial charge in [-0.15, -0.1) is 0 Å². The molecule has 1 N–H and O–H groups in total. The van der Waals surface area contributed by atoms with Crippen LogP contribution in [0.5, 0.6) is 0 Å². The van der Waals surface area contributed by atoms with E-state index in [0.717, 1.165) is 22.5 Å². The Morgan fingerprint density at radius 3 is 2.52 bits per heavy atom. The average Bonchev–Trinajstić information content (AvgIpc) is 2.92. The zero-order valence-electron chi connectivity index (χ0n) is 16.0. The van der Waals surface area contributed by atoms with Gasteiger partial charge >= 0.3 is 6.03 Å². The molecule has 0 atom stereocenters. The van der Waals surface area contributed by atoms with Crippen LogP contribution in [0, 0.1) is 18.6 Å². The van der Waals surface area contributed by atoms with Crippen molar-refractivity contribution >= 4 is 11.7 Å². The number of amides is 2. The third kappa shape index (κ3) is 4.23. The molecule has 1 aliphatic rings. The van der Waals surface area contributed by atoms with Gasteiger partial charge in [0.25, 0.3) is 0 Å². The van der Waals surface area contributed by atoms with E-state index in [1.54, 1.807) is 29.2 Å². The van der Waals surface area contributed by atoms with E-state index in [0.29, 0.717) is 37.4 Å². The lowest BCUT2D eigenvalue weighted by atomic mass is 10.1. The summed E-state index contributed by atoms with van der Waals surface area (Å²) >= 11 is 0. The predicted molar refractivity (Wildman–Crippen MR) is 107 cm³/mol. The van der Waals surface area contributed by atoms with Crippen LogP contribution in [0.4, 0.5) is 19.3 Å². The highest BCUT2D eigenvalue weighted by molar-refractivity contribution is 5.89. The minimum Gasteiger partial charge on any atom is -0.324 e. The van der Waals surface area contributed by atoms with Crippen molar-refractivity contribution in [1.82, 2.24) is 14.9 Å². The van der Waals surface area contributed by atoms with Crippen LogP contribution in [0.15, 0.2) is 48.5 Å². The van der Waals surface area contributed by atoms with Crippen molar-refractivity contribution in [2.45, 2.75) is 19.8 Å². The molecule has 0 fully saturated rings. The predicted octanol–water partition coefficient (Wildman–Crippen LogP) is 4.36. The number of rotatable bonds is 2. The van der Waals surface area contributed by atoms with Gasteiger partial charge in [-0.3, -0.25) is 0 Å². The van der Waals surface area contributed by atoms with E-state index in [9.17, 15) is 13.6 Å². The summed E-state index contributed by atoms with van der Waals surface area (Å²) in [6, 6.07) is 11.6. The second kappa shape index (κ2) is 7.95. The van der Waals surface area contributed by atoms with E-state index in [1.807, 2.05) is 6.92 Å². The van der Waals surface area contributed by atoms with Crippen molar-refractivity contribution in [3.05, 3.63) is 77.1 Å². The van der Waals surface area contributed by atoms with Gasteiger partial charge in [-0.25, -0.2) is 23.5 Å². The molecule has 5 nitrogen and oxygen atoms in total. The summed E-state index contributed by atoms with van der Waals surface area (Å²) in [4.78, 5) is 23.6. The van der Waals surface area contributed by atoms with Crippen LogP contribution in [-0.2, 0) is 12.8 Å². The van der Waals surface area contributed by atoms with Gasteiger partial charge < -0.3 is 10.2 Å². The maximum atomic E-state index is 13.3. The van der Waals surface area contributed by atoms with Crippen LogP contribution >= 0.6 is 0 Å². The maximum absolute atomic E-state index is 13.3. The highest BCUT2D eigenvalue weighted by Crippen LogP contribution is 2.23. The van der Waals surface area contributed by atoms with E-state index < -0.39 is 5.82 Å². The van der Waals surface area contributed by atoms with Gasteiger partial charge in [-0.1, -0.05) is 6.07 Å². The van der Waals surface area contributed by atoms with Crippen LogP contribution < -0.4 is 5.32 Å². The molecule has 0 radical (unpaired) electrons. The van der Waals surface area contributed by atoms with Crippen molar-refractivity contribution in [1.29, 1.82) is 0 Å². The van der Waals surface area contributed by atoms with Crippen molar-refractivity contribution in [2.75, 3.05) is 18.4 Å². The number of aryl methyl sites for hydroxylation is 1. The molecule has 2 heterocycles. The third-order valence-corrected chi connectivity index (χ3v) is 5.02. The first-order chi connectivity index (χ1) is 14.0. The van der Waals surface area contributed by atoms with Crippen LogP contribution in [0.25, 0.3) is 11.4 Å². The Morgan fingerprint density at radius 1 is 1.00 bits per heavy atom. The van der Waals surface area contributed by atoms with Crippen molar-refractivity contribution in [3.8, 4) is 11.4 Å². The molecule has 0 bridgehead atoms. The number of hydrogen-bond acceptors (Lipinski definition) is 3. The largest absolute Gasteiger partial charge is 0.324 e. The molecule has 2 aromatic carbocycles. The van der Waals surface area contributed by atoms with Crippen molar-refractivity contribution in [2.24, 2.45) is 0 Å². The van der Waals surface area contributed by atoms with E-state index in [2.05, 4.69) is 15.3 Å². The number of halogens is 2. The standard InChI is InChI=1S/C22H20F2N4O/c1-14-19-9-11-28(22(29)26-18-4-2-3-17(24)13-18)12-10-20(19)27-21(25-14)15-5-7-16(23)8-6-15/h2-8,13H,9-12H2,1H3,(H,26,29). The number of carbonyl (C=O) groups excluding carboxylic acids is 1. The smallest absolute Gasteiger partial charge is 0.321 e. The number of nitrogens with one attached hydrogen (secondary N) is 1. The molecule has 0 unspecified atom stereocenters. The maximum Gasteiger partial charge on any atom is 0.321 e. The molecular weight excluding hydrogens is 374 g/mol. The Morgan fingerprint density at radius 2 is 1.76 bits per heavy atom. The second-order valence-corrected chi connectivity index (χ2v) is 6.99. The summed E-state index contributed by atoms with van der Waals surface area (Å²) in [5.41, 5.74) is 3.98. The molecule has 1 aromatic heterocycles. The first-order valence-corrected chi connectivity index (χ1v) is 9.43. The number of fused-ring (bicyclic) bond motifs is 1. The monoisotopic (exact) mass is 394 g/mol. The summed E-state index contributed by atoms with van der Waals surface area (Å²) in [5, 5.41) is 2.74. The number of urea groups is 1. The molecule has 0 aliphatic carbocycles. The first-order valence-electron chi connectivity index (χ1n) is 9.43. The number of carbonyl (C=O) groups is 1. The molecule has 3 aromatic rings. The quantitative estimate of drug-likeness (QED) is 0.703. The highest BCUT2D eigenvalue weighted by atomic mass is 19.1. The van der Waals surface area contributed by atoms with Gasteiger partial charge in [0, 0.05) is 42.1 Å². The van der Waals surface area contributed by atoms with Gasteiger partial charge in [-0.2, -0.15) is 0 Å². The van der Waals surface area contributed by atoms with E-state index >= 15 is 0 Å². The molecule has 0 spiro atoms. The van der Waals surface area contributed by atoms with Gasteiger partial charge in [0.15, 0.2) is 5.82 Å². The second-order valence-electron chi connectivity index (χ2n) is 6.99. The summed E-state index contributed by atoms with van der Waals surface area (Å²) in [6.07, 6.45) is 1.23. The van der Waals surface area contributed by atoms with Crippen molar-refractivity contribution < 1.29 is 13.6 Å². The minimum absolute atomic E-state index is 0.271. The summed E-state index contributed by atoms with van der Waals surface area (Å²) < 4.78 is 26.5. The molecule has 1 aliphatic heterocycles. The molecule has 2 amide bonds. The Labute approximate surface area is 167 Å². The normalized spacial score (nSPS) is 13.6. The number of benzene rings is 2. The fourth-order valence-electron chi connectivity index (χ4n) is 3.49. The zero-order valence-corrected chi connectivity index (χ0v) is 16.0. The number of anilines is 1. The van der Waals surface area contributed by atoms with Gasteiger partial charge in [0.1, 0.15) is 11.6 Å². The number of nitrogens with zero attached hydrogens (tertiary/aromatic N) is 3. The number of aromatic nitrogens is 2. The first kappa shape index (κ1) is 19.0. The van der Waals surface area contributed by atoms with Gasteiger partial charge in [0.2, 0.25) is 0 Å². The van der Waals surface area contributed by atoms with Crippen LogP contribution in [0.3, 0.4) is 0 Å². The summed E-state index contributed by atoms with van der Waals surface area (Å²) in [7, 11) is 0. The van der Waals surface area contributed by atoms with Gasteiger partial charge in [0.05, 0.1) is 0 Å². The third-order valence-electron chi connectivity index (χ3n) is 5.02. The Hall–Kier alpha value is -3.35. The Kier molecular flexibility index (Phi) is 5.20. The van der Waals surface area contributed by atoms with E-state index in [1.165, 1.54) is 24.3 Å². The fourth-order valence-corrected chi connectivity index (χ4v) is 3.49. The molecule has 0 saturated heterocycles. The summed E-state index contributed by atoms with van der Waals surface area (Å²) in [5.74, 6) is -0.149. The topological polar surface area (TPSA) is 58.1 Å². The minimum atomic E-state index is -0.398. The molecule has 0 saturated carbocycles. The Bertz CT molecular complexity index is 1050. The Balaban J connectivity index is 1.52. The zero-order chi connectivity index (χ0) is 20.4. The average molecular weight is 394 g/mol. The van der Waals surface area contributed by atoms with Gasteiger partial charge in [-0.05, 0) is 61.4 Å². The number of hydrogen-bond donors (Lipinski definition) is 1. The van der Waals surface area contributed by atoms with E-state index in [4.69, 9.17) is 0 Å². The highest BCUT2D eigenvalue weighted by Gasteiger charge is 2.22. The lowest BCUT2D eigenvalue weighted by molar-refractivity contribution is 0.214. The van der Waals surface area contributed by atoms with Crippen LogP contribution in [-0.4, -0.2) is 34.0 Å². The lowest BCUT2D eigenvalue weighted by Gasteiger charge is -2.20. The van der Waals surface area contributed by atoms with Crippen LogP contribution in [0.2, 0.25) is 0 Å². The molecule has 29 heavy (non-hydrogen) atoms. The SMILES string of the molecule is Cc1nc(-c2ccc(F)cc2)nc2c1CCN(C(=O)Nc1cccc(F)c1)CC2. The lowest BCUT2D eigenvalue weighted by Crippen LogP contribution is -2.36. The molecule has 148 valence electrons. The fraction of sp³-hybridized carbons (Fsp3) is 0.227. The molecular formula is C22H20F2N4O. The van der Waals surface area contributed by atoms with E-state index in [-0.39, 0.29) is 11.8 Å². The molecule has 7 heteroatoms. The molecule has 4 rings (SSSR count). The van der Waals surface area contributed by atoms with Crippen molar-refractivity contribution in [3.63, 3.8) is 0 Å². The van der Waals surface area contributed by atoms with Crippen LogP contribution in [0.1, 0.15) is 17.0 Å². The summed E-state index contributed by atoms with van der Waals surface area (Å²) in [6.45, 7) is 2.94.